The molecule has 3 N–H and O–H groups in total. The molecule has 0 saturated heterocycles. The number of nitrogens with one attached hydrogen (secondary N) is 1. The summed E-state index contributed by atoms with van der Waals surface area (Å²) < 4.78 is 41.2. The molecule has 4 nitrogen and oxygen atoms in total. The van der Waals surface area contributed by atoms with Gasteiger partial charge >= 0.3 is 0 Å². The Morgan fingerprint density at radius 3 is 2.71 bits per heavy atom. The highest BCUT2D eigenvalue weighted by Gasteiger charge is 2.42. The Morgan fingerprint density at radius 1 is 1.33 bits per heavy atom. The van der Waals surface area contributed by atoms with Crippen LogP contribution in [0.5, 0.6) is 0 Å². The fourth-order valence-corrected chi connectivity index (χ4v) is 5.44. The van der Waals surface area contributed by atoms with E-state index >= 15 is 0 Å². The van der Waals surface area contributed by atoms with E-state index in [4.69, 9.17) is 5.73 Å². The van der Waals surface area contributed by atoms with E-state index in [-0.39, 0.29) is 16.6 Å². The molecule has 2 saturated carbocycles. The average Bonchev–Trinajstić information content (AvgIpc) is 3.03. The highest BCUT2D eigenvalue weighted by atomic mass is 32.2. The topological polar surface area (TPSA) is 72.2 Å². The fraction of sp³-hybridized carbons (Fsp3) is 0.600. The van der Waals surface area contributed by atoms with Crippen molar-refractivity contribution in [3.8, 4) is 0 Å². The van der Waals surface area contributed by atoms with Gasteiger partial charge in [-0.25, -0.2) is 17.5 Å². The second-order valence-electron chi connectivity index (χ2n) is 6.44. The van der Waals surface area contributed by atoms with Gasteiger partial charge in [0.1, 0.15) is 10.7 Å². The van der Waals surface area contributed by atoms with Gasteiger partial charge in [0.15, 0.2) is 0 Å². The zero-order valence-corrected chi connectivity index (χ0v) is 12.9. The average molecular weight is 312 g/mol. The van der Waals surface area contributed by atoms with Crippen LogP contribution in [-0.4, -0.2) is 14.5 Å². The molecule has 0 heterocycles. The van der Waals surface area contributed by atoms with E-state index < -0.39 is 15.8 Å². The van der Waals surface area contributed by atoms with Gasteiger partial charge in [0.25, 0.3) is 0 Å². The van der Waals surface area contributed by atoms with Crippen LogP contribution >= 0.6 is 0 Å². The molecule has 4 atom stereocenters. The normalized spacial score (nSPS) is 29.7. The van der Waals surface area contributed by atoms with E-state index in [0.717, 1.165) is 18.4 Å². The van der Waals surface area contributed by atoms with Gasteiger partial charge in [0, 0.05) is 11.7 Å². The number of nitrogen functional groups attached to an aromatic ring is 1. The van der Waals surface area contributed by atoms with E-state index in [1.54, 1.807) is 0 Å². The molecule has 6 heteroatoms. The molecule has 21 heavy (non-hydrogen) atoms. The highest BCUT2D eigenvalue weighted by Crippen LogP contribution is 2.49. The van der Waals surface area contributed by atoms with Crippen LogP contribution in [0.3, 0.4) is 0 Å². The maximum atomic E-state index is 13.8. The lowest BCUT2D eigenvalue weighted by molar-refractivity contribution is 0.280. The SMILES string of the molecule is CC(NS(=O)(=O)c1cc(N)ccc1F)C1CC2CCC1C2. The van der Waals surface area contributed by atoms with Gasteiger partial charge in [0.2, 0.25) is 10.0 Å². The van der Waals surface area contributed by atoms with Crippen LogP contribution in [0.4, 0.5) is 10.1 Å². The highest BCUT2D eigenvalue weighted by molar-refractivity contribution is 7.89. The van der Waals surface area contributed by atoms with Crippen molar-refractivity contribution in [2.24, 2.45) is 17.8 Å². The van der Waals surface area contributed by atoms with Gasteiger partial charge < -0.3 is 5.73 Å². The summed E-state index contributed by atoms with van der Waals surface area (Å²) in [5.41, 5.74) is 5.81. The largest absolute Gasteiger partial charge is 0.399 e. The minimum atomic E-state index is -3.87. The summed E-state index contributed by atoms with van der Waals surface area (Å²) in [4.78, 5) is -0.363. The molecular weight excluding hydrogens is 291 g/mol. The van der Waals surface area contributed by atoms with Gasteiger partial charge in [-0.1, -0.05) is 6.42 Å². The quantitative estimate of drug-likeness (QED) is 0.839. The summed E-state index contributed by atoms with van der Waals surface area (Å²) >= 11 is 0. The van der Waals surface area contributed by atoms with Crippen molar-refractivity contribution >= 4 is 15.7 Å². The van der Waals surface area contributed by atoms with Crippen molar-refractivity contribution in [2.75, 3.05) is 5.73 Å². The number of sulfonamides is 1. The number of fused-ring (bicyclic) bond motifs is 2. The molecule has 3 rings (SSSR count). The first-order chi connectivity index (χ1) is 9.87. The number of benzene rings is 1. The summed E-state index contributed by atoms with van der Waals surface area (Å²) in [5.74, 6) is 0.953. The lowest BCUT2D eigenvalue weighted by Crippen LogP contribution is -2.40. The summed E-state index contributed by atoms with van der Waals surface area (Å²) in [5, 5.41) is 0. The Hall–Kier alpha value is -1.14. The molecule has 2 bridgehead atoms. The molecule has 0 radical (unpaired) electrons. The second kappa shape index (κ2) is 5.25. The molecular formula is C15H21FN2O2S. The van der Waals surface area contributed by atoms with Crippen molar-refractivity contribution < 1.29 is 12.8 Å². The standard InChI is InChI=1S/C15H21FN2O2S/c1-9(13-7-10-2-3-11(13)6-10)18-21(19,20)15-8-12(17)4-5-14(15)16/h4-5,8-11,13,18H,2-3,6-7,17H2,1H3. The third-order valence-corrected chi connectivity index (χ3v) is 6.59. The van der Waals surface area contributed by atoms with E-state index in [1.807, 2.05) is 6.92 Å². The smallest absolute Gasteiger partial charge is 0.243 e. The molecule has 4 unspecified atom stereocenters. The summed E-state index contributed by atoms with van der Waals surface area (Å²) in [7, 11) is -3.87. The van der Waals surface area contributed by atoms with Crippen molar-refractivity contribution in [3.05, 3.63) is 24.0 Å². The van der Waals surface area contributed by atoms with Gasteiger partial charge in [-0.15, -0.1) is 0 Å². The predicted octanol–water partition coefficient (Wildman–Crippen LogP) is 2.51. The maximum Gasteiger partial charge on any atom is 0.243 e. The number of hydrogen-bond acceptors (Lipinski definition) is 3. The van der Waals surface area contributed by atoms with E-state index in [0.29, 0.717) is 11.8 Å². The zero-order chi connectivity index (χ0) is 15.2. The van der Waals surface area contributed by atoms with Gasteiger partial charge in [-0.2, -0.15) is 0 Å². The predicted molar refractivity (Wildman–Crippen MR) is 79.5 cm³/mol. The lowest BCUT2D eigenvalue weighted by Gasteiger charge is -2.28. The van der Waals surface area contributed by atoms with Crippen LogP contribution in [0.25, 0.3) is 0 Å². The minimum absolute atomic E-state index is 0.175. The van der Waals surface area contributed by atoms with Gasteiger partial charge in [-0.3, -0.25) is 0 Å². The molecule has 0 aromatic heterocycles. The Kier molecular flexibility index (Phi) is 3.69. The van der Waals surface area contributed by atoms with Crippen molar-refractivity contribution in [2.45, 2.75) is 43.5 Å². The maximum absolute atomic E-state index is 13.8. The zero-order valence-electron chi connectivity index (χ0n) is 12.0. The van der Waals surface area contributed by atoms with E-state index in [2.05, 4.69) is 4.72 Å². The molecule has 0 aliphatic heterocycles. The summed E-state index contributed by atoms with van der Waals surface area (Å²) in [6, 6.07) is 3.44. The Morgan fingerprint density at radius 2 is 2.10 bits per heavy atom. The van der Waals surface area contributed by atoms with Crippen LogP contribution in [0.1, 0.15) is 32.6 Å². The van der Waals surface area contributed by atoms with Crippen LogP contribution in [0.2, 0.25) is 0 Å². The number of rotatable bonds is 4. The molecule has 2 fully saturated rings. The van der Waals surface area contributed by atoms with Gasteiger partial charge in [-0.05, 0) is 62.1 Å². The third-order valence-electron chi connectivity index (χ3n) is 5.02. The van der Waals surface area contributed by atoms with E-state index in [1.165, 1.54) is 31.4 Å². The Balaban J connectivity index is 1.78. The minimum Gasteiger partial charge on any atom is -0.399 e. The lowest BCUT2D eigenvalue weighted by atomic mass is 9.84. The monoisotopic (exact) mass is 312 g/mol. The van der Waals surface area contributed by atoms with Crippen molar-refractivity contribution in [1.29, 1.82) is 0 Å². The molecule has 2 aliphatic rings. The summed E-state index contributed by atoms with van der Waals surface area (Å²) in [6.07, 6.45) is 4.75. The molecule has 2 aliphatic carbocycles. The first kappa shape index (κ1) is 14.8. The molecule has 0 spiro atoms. The molecule has 1 aromatic carbocycles. The van der Waals surface area contributed by atoms with Crippen LogP contribution in [0.15, 0.2) is 23.1 Å². The number of hydrogen-bond donors (Lipinski definition) is 2. The number of anilines is 1. The molecule has 116 valence electrons. The summed E-state index contributed by atoms with van der Waals surface area (Å²) in [6.45, 7) is 1.88. The van der Waals surface area contributed by atoms with Crippen LogP contribution in [0, 0.1) is 23.6 Å². The van der Waals surface area contributed by atoms with Crippen LogP contribution in [-0.2, 0) is 10.0 Å². The first-order valence-corrected chi connectivity index (χ1v) is 8.92. The van der Waals surface area contributed by atoms with Crippen LogP contribution < -0.4 is 10.5 Å². The van der Waals surface area contributed by atoms with Crippen molar-refractivity contribution in [3.63, 3.8) is 0 Å². The fourth-order valence-electron chi connectivity index (χ4n) is 4.03. The molecule has 0 amide bonds. The molecule has 1 aromatic rings. The number of halogens is 1. The Bertz CT molecular complexity index is 647. The number of nitrogens with two attached hydrogens (primary N) is 1. The third kappa shape index (κ3) is 2.79. The Labute approximate surface area is 125 Å². The van der Waals surface area contributed by atoms with Crippen molar-refractivity contribution in [1.82, 2.24) is 4.72 Å². The second-order valence-corrected chi connectivity index (χ2v) is 8.12. The van der Waals surface area contributed by atoms with E-state index in [9.17, 15) is 12.8 Å². The van der Waals surface area contributed by atoms with Gasteiger partial charge in [0.05, 0.1) is 0 Å². The first-order valence-electron chi connectivity index (χ1n) is 7.44.